The van der Waals surface area contributed by atoms with Crippen molar-refractivity contribution in [1.82, 2.24) is 10.3 Å². The van der Waals surface area contributed by atoms with E-state index < -0.39 is 0 Å². The second kappa shape index (κ2) is 7.84. The Morgan fingerprint density at radius 1 is 1.35 bits per heavy atom. The molecular formula is C14H16Cl2N2OS. The van der Waals surface area contributed by atoms with Crippen molar-refractivity contribution in [2.24, 2.45) is 0 Å². The number of hydrogen-bond acceptors (Lipinski definition) is 4. The minimum Gasteiger partial charge on any atom is -0.486 e. The number of hydrogen-bond donors (Lipinski definition) is 1. The third kappa shape index (κ3) is 4.35. The van der Waals surface area contributed by atoms with Crippen LogP contribution in [0.4, 0.5) is 0 Å². The summed E-state index contributed by atoms with van der Waals surface area (Å²) in [6, 6.07) is 3.59. The molecule has 0 amide bonds. The van der Waals surface area contributed by atoms with Gasteiger partial charge in [-0.1, -0.05) is 30.1 Å². The monoisotopic (exact) mass is 330 g/mol. The Kier molecular flexibility index (Phi) is 6.10. The maximum Gasteiger partial charge on any atom is 0.143 e. The molecular weight excluding hydrogens is 315 g/mol. The van der Waals surface area contributed by atoms with Crippen LogP contribution in [-0.2, 0) is 13.2 Å². The van der Waals surface area contributed by atoms with E-state index in [2.05, 4.69) is 17.2 Å². The van der Waals surface area contributed by atoms with Crippen LogP contribution in [0, 0.1) is 0 Å². The fourth-order valence-electron chi connectivity index (χ4n) is 1.76. The van der Waals surface area contributed by atoms with Crippen molar-refractivity contribution in [1.29, 1.82) is 0 Å². The van der Waals surface area contributed by atoms with Crippen molar-refractivity contribution in [2.75, 3.05) is 6.54 Å². The number of rotatable bonds is 7. The lowest BCUT2D eigenvalue weighted by Gasteiger charge is -2.14. The molecule has 6 heteroatoms. The standard InChI is InChI=1S/C14H16Cl2N2OS/c1-2-3-17-6-10-4-11(15)5-13(16)14(10)19-8-12-7-18-9-20-12/h4-5,7,9,17H,2-3,6,8H2,1H3. The summed E-state index contributed by atoms with van der Waals surface area (Å²) in [5.41, 5.74) is 2.76. The van der Waals surface area contributed by atoms with Crippen LogP contribution < -0.4 is 10.1 Å². The highest BCUT2D eigenvalue weighted by atomic mass is 35.5. The van der Waals surface area contributed by atoms with Crippen LogP contribution in [0.5, 0.6) is 5.75 Å². The molecule has 1 N–H and O–H groups in total. The largest absolute Gasteiger partial charge is 0.486 e. The van der Waals surface area contributed by atoms with E-state index in [-0.39, 0.29) is 0 Å². The van der Waals surface area contributed by atoms with Crippen molar-refractivity contribution < 1.29 is 4.74 Å². The van der Waals surface area contributed by atoms with E-state index in [1.54, 1.807) is 29.1 Å². The Morgan fingerprint density at radius 2 is 2.20 bits per heavy atom. The predicted octanol–water partition coefficient (Wildman–Crippen LogP) is 4.53. The number of benzene rings is 1. The number of aromatic nitrogens is 1. The smallest absolute Gasteiger partial charge is 0.143 e. The van der Waals surface area contributed by atoms with Crippen LogP contribution in [0.25, 0.3) is 0 Å². The van der Waals surface area contributed by atoms with Gasteiger partial charge in [-0.2, -0.15) is 0 Å². The fourth-order valence-corrected chi connectivity index (χ4v) is 2.86. The number of nitrogens with zero attached hydrogens (tertiary/aromatic N) is 1. The van der Waals surface area contributed by atoms with Crippen molar-refractivity contribution in [3.05, 3.63) is 44.3 Å². The van der Waals surface area contributed by atoms with E-state index in [1.807, 2.05) is 6.07 Å². The summed E-state index contributed by atoms with van der Waals surface area (Å²) in [5, 5.41) is 4.49. The zero-order valence-corrected chi connectivity index (χ0v) is 13.5. The molecule has 1 heterocycles. The zero-order valence-electron chi connectivity index (χ0n) is 11.2. The molecule has 0 aliphatic carbocycles. The minimum atomic E-state index is 0.465. The second-order valence-electron chi connectivity index (χ2n) is 4.31. The van der Waals surface area contributed by atoms with E-state index in [9.17, 15) is 0 Å². The zero-order chi connectivity index (χ0) is 14.4. The molecule has 0 saturated carbocycles. The normalized spacial score (nSPS) is 10.8. The molecule has 0 spiro atoms. The molecule has 0 aliphatic heterocycles. The quantitative estimate of drug-likeness (QED) is 0.757. The summed E-state index contributed by atoms with van der Waals surface area (Å²) in [6.45, 7) is 4.22. The molecule has 108 valence electrons. The van der Waals surface area contributed by atoms with Gasteiger partial charge in [0.25, 0.3) is 0 Å². The van der Waals surface area contributed by atoms with Crippen molar-refractivity contribution >= 4 is 34.5 Å². The van der Waals surface area contributed by atoms with E-state index in [1.165, 1.54) is 0 Å². The average molecular weight is 331 g/mol. The number of halogens is 2. The molecule has 2 aromatic rings. The number of ether oxygens (including phenoxy) is 1. The SMILES string of the molecule is CCCNCc1cc(Cl)cc(Cl)c1OCc1cncs1. The first kappa shape index (κ1) is 15.6. The Bertz CT molecular complexity index is 546. The topological polar surface area (TPSA) is 34.1 Å². The molecule has 0 bridgehead atoms. The number of thiazole rings is 1. The lowest BCUT2D eigenvalue weighted by molar-refractivity contribution is 0.305. The van der Waals surface area contributed by atoms with Crippen LogP contribution >= 0.6 is 34.5 Å². The molecule has 0 radical (unpaired) electrons. The highest BCUT2D eigenvalue weighted by Crippen LogP contribution is 2.33. The van der Waals surface area contributed by atoms with Gasteiger partial charge in [0.05, 0.1) is 15.4 Å². The average Bonchev–Trinajstić information content (AvgIpc) is 2.91. The van der Waals surface area contributed by atoms with Crippen LogP contribution in [0.3, 0.4) is 0 Å². The molecule has 1 aromatic heterocycles. The fraction of sp³-hybridized carbons (Fsp3) is 0.357. The van der Waals surface area contributed by atoms with Crippen LogP contribution in [0.1, 0.15) is 23.8 Å². The lowest BCUT2D eigenvalue weighted by Crippen LogP contribution is -2.14. The minimum absolute atomic E-state index is 0.465. The van der Waals surface area contributed by atoms with Gasteiger partial charge >= 0.3 is 0 Å². The molecule has 20 heavy (non-hydrogen) atoms. The Labute approximate surface area is 132 Å². The van der Waals surface area contributed by atoms with Gasteiger partial charge < -0.3 is 10.1 Å². The van der Waals surface area contributed by atoms with Gasteiger partial charge in [0.1, 0.15) is 12.4 Å². The third-order valence-corrected chi connectivity index (χ3v) is 3.92. The van der Waals surface area contributed by atoms with Gasteiger partial charge in [0, 0.05) is 23.3 Å². The van der Waals surface area contributed by atoms with E-state index in [4.69, 9.17) is 27.9 Å². The van der Waals surface area contributed by atoms with Gasteiger partial charge in [-0.3, -0.25) is 4.98 Å². The van der Waals surface area contributed by atoms with E-state index in [0.29, 0.717) is 28.9 Å². The first-order valence-electron chi connectivity index (χ1n) is 6.39. The molecule has 0 saturated heterocycles. The summed E-state index contributed by atoms with van der Waals surface area (Å²) in [6.07, 6.45) is 2.87. The van der Waals surface area contributed by atoms with Gasteiger partial charge in [-0.05, 0) is 25.1 Å². The predicted molar refractivity (Wildman–Crippen MR) is 84.9 cm³/mol. The summed E-state index contributed by atoms with van der Waals surface area (Å²) in [4.78, 5) is 5.08. The van der Waals surface area contributed by atoms with E-state index in [0.717, 1.165) is 23.4 Å². The summed E-state index contributed by atoms with van der Waals surface area (Å²) < 4.78 is 5.84. The van der Waals surface area contributed by atoms with Crippen molar-refractivity contribution in [3.63, 3.8) is 0 Å². The molecule has 0 unspecified atom stereocenters. The van der Waals surface area contributed by atoms with E-state index >= 15 is 0 Å². The third-order valence-electron chi connectivity index (χ3n) is 2.67. The van der Waals surface area contributed by atoms with Crippen LogP contribution in [0.2, 0.25) is 10.0 Å². The van der Waals surface area contributed by atoms with Crippen LogP contribution in [-0.4, -0.2) is 11.5 Å². The maximum absolute atomic E-state index is 6.24. The molecule has 3 nitrogen and oxygen atoms in total. The second-order valence-corrected chi connectivity index (χ2v) is 6.12. The molecule has 0 fully saturated rings. The highest BCUT2D eigenvalue weighted by molar-refractivity contribution is 7.09. The van der Waals surface area contributed by atoms with Crippen molar-refractivity contribution in [2.45, 2.75) is 26.5 Å². The summed E-state index contributed by atoms with van der Waals surface area (Å²) in [5.74, 6) is 0.688. The molecule has 1 aromatic carbocycles. The molecule has 0 atom stereocenters. The first-order valence-corrected chi connectivity index (χ1v) is 8.03. The summed E-state index contributed by atoms with van der Waals surface area (Å²) >= 11 is 13.9. The Balaban J connectivity index is 2.11. The van der Waals surface area contributed by atoms with Gasteiger partial charge in [-0.15, -0.1) is 11.3 Å². The Morgan fingerprint density at radius 3 is 2.90 bits per heavy atom. The highest BCUT2D eigenvalue weighted by Gasteiger charge is 2.11. The maximum atomic E-state index is 6.24. The molecule has 0 aliphatic rings. The molecule has 2 rings (SSSR count). The van der Waals surface area contributed by atoms with Gasteiger partial charge in [0.2, 0.25) is 0 Å². The van der Waals surface area contributed by atoms with Gasteiger partial charge in [0.15, 0.2) is 0 Å². The van der Waals surface area contributed by atoms with Gasteiger partial charge in [-0.25, -0.2) is 0 Å². The summed E-state index contributed by atoms with van der Waals surface area (Å²) in [7, 11) is 0. The number of nitrogens with one attached hydrogen (secondary N) is 1. The van der Waals surface area contributed by atoms with Crippen LogP contribution in [0.15, 0.2) is 23.8 Å². The first-order chi connectivity index (χ1) is 9.70. The Hall–Kier alpha value is -0.810. The lowest BCUT2D eigenvalue weighted by atomic mass is 10.2. The van der Waals surface area contributed by atoms with Crippen molar-refractivity contribution in [3.8, 4) is 5.75 Å².